The van der Waals surface area contributed by atoms with Gasteiger partial charge in [0.2, 0.25) is 0 Å². The van der Waals surface area contributed by atoms with E-state index in [0.29, 0.717) is 5.69 Å². The van der Waals surface area contributed by atoms with Crippen LogP contribution in [0, 0.1) is 24.0 Å². The van der Waals surface area contributed by atoms with E-state index in [-0.39, 0.29) is 27.7 Å². The van der Waals surface area contributed by atoms with Gasteiger partial charge in [0.15, 0.2) is 6.10 Å². The van der Waals surface area contributed by atoms with E-state index in [2.05, 4.69) is 10.5 Å². The number of carbonyl (C=O) groups is 2. The Bertz CT molecular complexity index is 828. The van der Waals surface area contributed by atoms with Crippen molar-refractivity contribution < 1.29 is 23.8 Å². The summed E-state index contributed by atoms with van der Waals surface area (Å²) in [6.07, 6.45) is -1.17. The number of nitro groups is 1. The molecule has 10 heteroatoms. The third-order valence-corrected chi connectivity index (χ3v) is 3.64. The van der Waals surface area contributed by atoms with Crippen LogP contribution in [0.25, 0.3) is 0 Å². The standard InChI is InChI=1S/C15H14ClN3O6/c1-7-13(8(2)25-18-7)15(21)24-9(3)14(20)17-12-6-10(19(22)23)4-5-11(12)16/h4-6,9H,1-3H3,(H,17,20). The molecular formula is C15H14ClN3O6. The van der Waals surface area contributed by atoms with Crippen molar-refractivity contribution in [3.8, 4) is 0 Å². The second-order valence-electron chi connectivity index (χ2n) is 5.16. The van der Waals surface area contributed by atoms with Gasteiger partial charge in [-0.25, -0.2) is 4.79 Å². The molecule has 1 atom stereocenters. The maximum atomic E-state index is 12.2. The van der Waals surface area contributed by atoms with Crippen LogP contribution in [0.4, 0.5) is 11.4 Å². The van der Waals surface area contributed by atoms with Gasteiger partial charge in [0.05, 0.1) is 21.3 Å². The number of halogens is 1. The second kappa shape index (κ2) is 7.31. The van der Waals surface area contributed by atoms with Gasteiger partial charge in [-0.3, -0.25) is 14.9 Å². The van der Waals surface area contributed by atoms with Crippen molar-refractivity contribution in [2.75, 3.05) is 5.32 Å². The zero-order valence-electron chi connectivity index (χ0n) is 13.5. The van der Waals surface area contributed by atoms with Gasteiger partial charge in [0.25, 0.3) is 11.6 Å². The number of non-ortho nitro benzene ring substituents is 1. The van der Waals surface area contributed by atoms with Crippen molar-refractivity contribution in [2.45, 2.75) is 26.9 Å². The van der Waals surface area contributed by atoms with Crippen LogP contribution in [0.1, 0.15) is 28.7 Å². The monoisotopic (exact) mass is 367 g/mol. The number of anilines is 1. The minimum absolute atomic E-state index is 0.0427. The minimum Gasteiger partial charge on any atom is -0.449 e. The van der Waals surface area contributed by atoms with E-state index >= 15 is 0 Å². The Hall–Kier alpha value is -2.94. The van der Waals surface area contributed by atoms with Crippen LogP contribution in [0.2, 0.25) is 5.02 Å². The summed E-state index contributed by atoms with van der Waals surface area (Å²) in [4.78, 5) is 34.4. The Kier molecular flexibility index (Phi) is 5.38. The van der Waals surface area contributed by atoms with E-state index in [0.717, 1.165) is 6.07 Å². The first-order chi connectivity index (χ1) is 11.7. The zero-order chi connectivity index (χ0) is 18.7. The molecule has 0 saturated heterocycles. The molecule has 0 aliphatic heterocycles. The molecule has 0 saturated carbocycles. The molecule has 25 heavy (non-hydrogen) atoms. The van der Waals surface area contributed by atoms with E-state index in [9.17, 15) is 19.7 Å². The number of carbonyl (C=O) groups excluding carboxylic acids is 2. The molecule has 0 fully saturated rings. The summed E-state index contributed by atoms with van der Waals surface area (Å²) in [6.45, 7) is 4.47. The number of amides is 1. The summed E-state index contributed by atoms with van der Waals surface area (Å²) in [5, 5.41) is 16.9. The van der Waals surface area contributed by atoms with E-state index < -0.39 is 22.9 Å². The number of esters is 1. The fourth-order valence-corrected chi connectivity index (χ4v) is 2.17. The lowest BCUT2D eigenvalue weighted by molar-refractivity contribution is -0.384. The first-order valence-electron chi connectivity index (χ1n) is 7.09. The maximum absolute atomic E-state index is 12.2. The summed E-state index contributed by atoms with van der Waals surface area (Å²) in [5.41, 5.74) is 0.297. The van der Waals surface area contributed by atoms with Crippen molar-refractivity contribution in [3.05, 3.63) is 50.4 Å². The van der Waals surface area contributed by atoms with Crippen LogP contribution in [0.15, 0.2) is 22.7 Å². The SMILES string of the molecule is Cc1noc(C)c1C(=O)OC(C)C(=O)Nc1cc([N+](=O)[O-])ccc1Cl. The first kappa shape index (κ1) is 18.4. The number of aromatic nitrogens is 1. The molecule has 1 heterocycles. The highest BCUT2D eigenvalue weighted by Crippen LogP contribution is 2.27. The van der Waals surface area contributed by atoms with Crippen LogP contribution in [-0.2, 0) is 9.53 Å². The van der Waals surface area contributed by atoms with Crippen molar-refractivity contribution in [1.82, 2.24) is 5.16 Å². The van der Waals surface area contributed by atoms with Crippen LogP contribution in [0.3, 0.4) is 0 Å². The Labute approximate surface area is 147 Å². The van der Waals surface area contributed by atoms with E-state index in [1.807, 2.05) is 0 Å². The molecular weight excluding hydrogens is 354 g/mol. The number of hydrogen-bond donors (Lipinski definition) is 1. The number of nitro benzene ring substituents is 1. The van der Waals surface area contributed by atoms with Gasteiger partial charge < -0.3 is 14.6 Å². The van der Waals surface area contributed by atoms with Gasteiger partial charge in [-0.2, -0.15) is 0 Å². The smallest absolute Gasteiger partial charge is 0.344 e. The number of nitrogens with one attached hydrogen (secondary N) is 1. The predicted molar refractivity (Wildman–Crippen MR) is 87.6 cm³/mol. The van der Waals surface area contributed by atoms with Gasteiger partial charge in [-0.15, -0.1) is 0 Å². The summed E-state index contributed by atoms with van der Waals surface area (Å²) in [5.74, 6) is -1.18. The molecule has 1 N–H and O–H groups in total. The zero-order valence-corrected chi connectivity index (χ0v) is 14.3. The third-order valence-electron chi connectivity index (χ3n) is 3.31. The van der Waals surface area contributed by atoms with Gasteiger partial charge >= 0.3 is 5.97 Å². The van der Waals surface area contributed by atoms with E-state index in [1.54, 1.807) is 13.8 Å². The average molecular weight is 368 g/mol. The molecule has 2 rings (SSSR count). The first-order valence-corrected chi connectivity index (χ1v) is 7.47. The molecule has 0 bridgehead atoms. The molecule has 1 aromatic carbocycles. The topological polar surface area (TPSA) is 125 Å². The Balaban J connectivity index is 2.09. The highest BCUT2D eigenvalue weighted by molar-refractivity contribution is 6.33. The lowest BCUT2D eigenvalue weighted by atomic mass is 10.2. The summed E-state index contributed by atoms with van der Waals surface area (Å²) in [6, 6.07) is 3.61. The van der Waals surface area contributed by atoms with Crippen LogP contribution in [-0.4, -0.2) is 28.1 Å². The average Bonchev–Trinajstić information content (AvgIpc) is 2.87. The van der Waals surface area contributed by atoms with Crippen molar-refractivity contribution in [1.29, 1.82) is 0 Å². The van der Waals surface area contributed by atoms with Gasteiger partial charge in [0.1, 0.15) is 11.3 Å². The molecule has 9 nitrogen and oxygen atoms in total. The summed E-state index contributed by atoms with van der Waals surface area (Å²) < 4.78 is 9.95. The molecule has 1 unspecified atom stereocenters. The lowest BCUT2D eigenvalue weighted by Gasteiger charge is -2.14. The quantitative estimate of drug-likeness (QED) is 0.489. The van der Waals surface area contributed by atoms with Crippen LogP contribution >= 0.6 is 11.6 Å². The highest BCUT2D eigenvalue weighted by Gasteiger charge is 2.25. The fraction of sp³-hybridized carbons (Fsp3) is 0.267. The molecule has 132 valence electrons. The van der Waals surface area contributed by atoms with Gasteiger partial charge in [0, 0.05) is 12.1 Å². The number of benzene rings is 1. The van der Waals surface area contributed by atoms with Crippen molar-refractivity contribution >= 4 is 34.9 Å². The molecule has 1 aromatic heterocycles. The molecule has 0 radical (unpaired) electrons. The van der Waals surface area contributed by atoms with Crippen LogP contribution < -0.4 is 5.32 Å². The number of hydrogen-bond acceptors (Lipinski definition) is 7. The molecule has 0 aliphatic carbocycles. The molecule has 0 spiro atoms. The van der Waals surface area contributed by atoms with E-state index in [1.165, 1.54) is 19.1 Å². The van der Waals surface area contributed by atoms with Gasteiger partial charge in [-0.1, -0.05) is 16.8 Å². The number of ether oxygens (including phenoxy) is 1. The predicted octanol–water partition coefficient (Wildman–Crippen LogP) is 3.04. The van der Waals surface area contributed by atoms with Crippen molar-refractivity contribution in [3.63, 3.8) is 0 Å². The number of nitrogens with zero attached hydrogens (tertiary/aromatic N) is 2. The molecule has 0 aliphatic rings. The summed E-state index contributed by atoms with van der Waals surface area (Å²) >= 11 is 5.91. The second-order valence-corrected chi connectivity index (χ2v) is 5.56. The van der Waals surface area contributed by atoms with E-state index in [4.69, 9.17) is 20.9 Å². The fourth-order valence-electron chi connectivity index (χ4n) is 2.00. The number of rotatable bonds is 5. The maximum Gasteiger partial charge on any atom is 0.344 e. The Morgan fingerprint density at radius 1 is 1.40 bits per heavy atom. The van der Waals surface area contributed by atoms with Crippen LogP contribution in [0.5, 0.6) is 0 Å². The largest absolute Gasteiger partial charge is 0.449 e. The normalized spacial score (nSPS) is 11.7. The lowest BCUT2D eigenvalue weighted by Crippen LogP contribution is -2.30. The highest BCUT2D eigenvalue weighted by atomic mass is 35.5. The minimum atomic E-state index is -1.17. The molecule has 1 amide bonds. The molecule has 2 aromatic rings. The third kappa shape index (κ3) is 4.13. The Morgan fingerprint density at radius 2 is 2.08 bits per heavy atom. The van der Waals surface area contributed by atoms with Gasteiger partial charge in [-0.05, 0) is 26.8 Å². The van der Waals surface area contributed by atoms with Crippen molar-refractivity contribution in [2.24, 2.45) is 0 Å². The number of aryl methyl sites for hydroxylation is 2. The summed E-state index contributed by atoms with van der Waals surface area (Å²) in [7, 11) is 0. The Morgan fingerprint density at radius 3 is 2.64 bits per heavy atom.